The molecule has 7 nitrogen and oxygen atoms in total. The minimum atomic E-state index is 0.276. The number of aromatic nitrogens is 5. The first-order valence-electron chi connectivity index (χ1n) is 11.1. The van der Waals surface area contributed by atoms with Crippen molar-refractivity contribution in [2.75, 3.05) is 29.9 Å². The van der Waals surface area contributed by atoms with Gasteiger partial charge in [-0.05, 0) is 55.1 Å². The van der Waals surface area contributed by atoms with Crippen molar-refractivity contribution < 1.29 is 0 Å². The summed E-state index contributed by atoms with van der Waals surface area (Å²) < 4.78 is 2.07. The van der Waals surface area contributed by atoms with Gasteiger partial charge in [0, 0.05) is 48.5 Å². The van der Waals surface area contributed by atoms with Crippen LogP contribution in [0, 0.1) is 0 Å². The number of halogens is 2. The first-order chi connectivity index (χ1) is 15.7. The molecule has 3 aromatic heterocycles. The van der Waals surface area contributed by atoms with E-state index in [1.807, 2.05) is 30.6 Å². The van der Waals surface area contributed by atoms with Gasteiger partial charge in [0.15, 0.2) is 17.0 Å². The molecule has 9 heteroatoms. The Kier molecular flexibility index (Phi) is 6.28. The topological polar surface area (TPSA) is 71.8 Å². The number of fused-ring (bicyclic) bond motifs is 2. The van der Waals surface area contributed by atoms with E-state index in [0.717, 1.165) is 66.2 Å². The quantitative estimate of drug-likeness (QED) is 0.294. The van der Waals surface area contributed by atoms with E-state index in [9.17, 15) is 0 Å². The van der Waals surface area contributed by atoms with Crippen molar-refractivity contribution in [1.82, 2.24) is 24.5 Å². The van der Waals surface area contributed by atoms with Gasteiger partial charge in [0.1, 0.15) is 0 Å². The molecule has 5 rings (SSSR count). The van der Waals surface area contributed by atoms with Crippen LogP contribution >= 0.6 is 23.2 Å². The maximum atomic E-state index is 6.30. The molecule has 1 aliphatic heterocycles. The normalized spacial score (nSPS) is 14.8. The Hall–Kier alpha value is -2.64. The lowest BCUT2D eigenvalue weighted by atomic mass is 10.2. The van der Waals surface area contributed by atoms with Crippen molar-refractivity contribution in [3.05, 3.63) is 47.1 Å². The monoisotopic (exact) mass is 469 g/mol. The lowest BCUT2D eigenvalue weighted by Gasteiger charge is -2.21. The minimum absolute atomic E-state index is 0.276. The van der Waals surface area contributed by atoms with E-state index >= 15 is 0 Å². The van der Waals surface area contributed by atoms with E-state index < -0.39 is 0 Å². The standard InChI is InChI=1S/C23H25Cl2N7/c24-16-6-7-17-18(8-10-27-19(17)14-16)26-9-5-13-32-15-28-20-21(29-23(25)30-22(20)32)31-11-3-1-2-4-12-31/h6-8,10,14-15H,1-5,9,11-13H2,(H,26,27). The number of nitrogens with one attached hydrogen (secondary N) is 1. The minimum Gasteiger partial charge on any atom is -0.384 e. The second kappa shape index (κ2) is 9.46. The zero-order valence-corrected chi connectivity index (χ0v) is 19.3. The predicted octanol–water partition coefficient (Wildman–Crippen LogP) is 5.56. The van der Waals surface area contributed by atoms with Gasteiger partial charge in [0.2, 0.25) is 5.28 Å². The van der Waals surface area contributed by atoms with Crippen LogP contribution in [-0.2, 0) is 6.54 Å². The average molecular weight is 470 g/mol. The summed E-state index contributed by atoms with van der Waals surface area (Å²) in [5, 5.41) is 5.54. The van der Waals surface area contributed by atoms with Crippen molar-refractivity contribution in [1.29, 1.82) is 0 Å². The van der Waals surface area contributed by atoms with Crippen molar-refractivity contribution in [2.45, 2.75) is 38.6 Å². The number of hydrogen-bond donors (Lipinski definition) is 1. The van der Waals surface area contributed by atoms with Gasteiger partial charge >= 0.3 is 0 Å². The number of pyridine rings is 1. The van der Waals surface area contributed by atoms with E-state index in [1.54, 1.807) is 6.20 Å². The first kappa shape index (κ1) is 21.2. The number of aryl methyl sites for hydroxylation is 1. The van der Waals surface area contributed by atoms with Gasteiger partial charge in [-0.15, -0.1) is 0 Å². The molecule has 1 saturated heterocycles. The van der Waals surface area contributed by atoms with Crippen LogP contribution in [0.4, 0.5) is 11.5 Å². The van der Waals surface area contributed by atoms with Gasteiger partial charge in [-0.2, -0.15) is 9.97 Å². The van der Waals surface area contributed by atoms with Crippen molar-refractivity contribution in [2.24, 2.45) is 0 Å². The van der Waals surface area contributed by atoms with E-state index in [-0.39, 0.29) is 5.28 Å². The fourth-order valence-electron chi connectivity index (χ4n) is 4.32. The summed E-state index contributed by atoms with van der Waals surface area (Å²) in [4.78, 5) is 20.4. The molecule has 0 bridgehead atoms. The molecule has 0 saturated carbocycles. The molecule has 0 atom stereocenters. The summed E-state index contributed by atoms with van der Waals surface area (Å²) >= 11 is 12.4. The van der Waals surface area contributed by atoms with Gasteiger partial charge in [-0.1, -0.05) is 24.4 Å². The highest BCUT2D eigenvalue weighted by Crippen LogP contribution is 2.27. The summed E-state index contributed by atoms with van der Waals surface area (Å²) in [5.74, 6) is 0.862. The number of imidazole rings is 1. The van der Waals surface area contributed by atoms with E-state index in [1.165, 1.54) is 25.7 Å². The molecule has 166 valence electrons. The molecule has 32 heavy (non-hydrogen) atoms. The zero-order chi connectivity index (χ0) is 21.9. The lowest BCUT2D eigenvalue weighted by Crippen LogP contribution is -2.25. The van der Waals surface area contributed by atoms with Crippen LogP contribution in [0.3, 0.4) is 0 Å². The molecule has 4 aromatic rings. The van der Waals surface area contributed by atoms with Gasteiger partial charge < -0.3 is 14.8 Å². The molecule has 0 unspecified atom stereocenters. The number of nitrogens with zero attached hydrogens (tertiary/aromatic N) is 6. The molecule has 0 spiro atoms. The lowest BCUT2D eigenvalue weighted by molar-refractivity contribution is 0.672. The van der Waals surface area contributed by atoms with Crippen LogP contribution in [-0.4, -0.2) is 44.1 Å². The predicted molar refractivity (Wildman–Crippen MR) is 131 cm³/mol. The third-order valence-corrected chi connectivity index (χ3v) is 6.32. The first-order valence-corrected chi connectivity index (χ1v) is 11.9. The molecule has 1 fully saturated rings. The Bertz CT molecular complexity index is 1230. The number of hydrogen-bond acceptors (Lipinski definition) is 6. The highest BCUT2D eigenvalue weighted by atomic mass is 35.5. The van der Waals surface area contributed by atoms with Crippen LogP contribution in [0.25, 0.3) is 22.1 Å². The van der Waals surface area contributed by atoms with E-state index in [4.69, 9.17) is 23.2 Å². The van der Waals surface area contributed by atoms with Crippen LogP contribution in [0.15, 0.2) is 36.8 Å². The van der Waals surface area contributed by atoms with Gasteiger partial charge in [0.25, 0.3) is 0 Å². The second-order valence-corrected chi connectivity index (χ2v) is 8.90. The van der Waals surface area contributed by atoms with Crippen LogP contribution < -0.4 is 10.2 Å². The van der Waals surface area contributed by atoms with Crippen molar-refractivity contribution in [3.8, 4) is 0 Å². The molecule has 1 N–H and O–H groups in total. The van der Waals surface area contributed by atoms with E-state index in [0.29, 0.717) is 5.02 Å². The molecule has 0 radical (unpaired) electrons. The van der Waals surface area contributed by atoms with Crippen molar-refractivity contribution >= 4 is 56.8 Å². The number of anilines is 2. The number of benzene rings is 1. The molecule has 0 aliphatic carbocycles. The summed E-state index contributed by atoms with van der Waals surface area (Å²) in [6.45, 7) is 3.57. The Morgan fingerprint density at radius 1 is 0.969 bits per heavy atom. The Morgan fingerprint density at radius 3 is 2.66 bits per heavy atom. The Labute approximate surface area is 196 Å². The fraction of sp³-hybridized carbons (Fsp3) is 0.391. The largest absolute Gasteiger partial charge is 0.384 e. The maximum Gasteiger partial charge on any atom is 0.226 e. The average Bonchev–Trinajstić information content (AvgIpc) is 3.00. The summed E-state index contributed by atoms with van der Waals surface area (Å²) in [7, 11) is 0. The summed E-state index contributed by atoms with van der Waals surface area (Å²) in [6.07, 6.45) is 9.42. The molecule has 0 amide bonds. The fourth-order valence-corrected chi connectivity index (χ4v) is 4.64. The molecular weight excluding hydrogens is 445 g/mol. The summed E-state index contributed by atoms with van der Waals surface area (Å²) in [5.41, 5.74) is 3.57. The van der Waals surface area contributed by atoms with Gasteiger partial charge in [-0.3, -0.25) is 4.98 Å². The summed E-state index contributed by atoms with van der Waals surface area (Å²) in [6, 6.07) is 7.76. The Morgan fingerprint density at radius 2 is 1.81 bits per heavy atom. The smallest absolute Gasteiger partial charge is 0.226 e. The highest BCUT2D eigenvalue weighted by molar-refractivity contribution is 6.31. The third kappa shape index (κ3) is 4.45. The number of rotatable bonds is 6. The highest BCUT2D eigenvalue weighted by Gasteiger charge is 2.19. The second-order valence-electron chi connectivity index (χ2n) is 8.13. The van der Waals surface area contributed by atoms with E-state index in [2.05, 4.69) is 34.7 Å². The third-order valence-electron chi connectivity index (χ3n) is 5.92. The van der Waals surface area contributed by atoms with Crippen LogP contribution in [0.5, 0.6) is 0 Å². The van der Waals surface area contributed by atoms with Gasteiger partial charge in [-0.25, -0.2) is 4.98 Å². The van der Waals surface area contributed by atoms with Gasteiger partial charge in [0.05, 0.1) is 11.8 Å². The maximum absolute atomic E-state index is 6.30. The zero-order valence-electron chi connectivity index (χ0n) is 17.8. The molecular formula is C23H25Cl2N7. The Balaban J connectivity index is 1.29. The molecule has 1 aliphatic rings. The van der Waals surface area contributed by atoms with Crippen LogP contribution in [0.2, 0.25) is 10.3 Å². The molecule has 4 heterocycles. The van der Waals surface area contributed by atoms with Crippen LogP contribution in [0.1, 0.15) is 32.1 Å². The molecule has 1 aromatic carbocycles. The SMILES string of the molecule is Clc1ccc2c(NCCCn3cnc4c(N5CCCCCC5)nc(Cl)nc43)ccnc2c1. The van der Waals surface area contributed by atoms with Crippen molar-refractivity contribution in [3.63, 3.8) is 0 Å².